The molecule has 2 aromatic rings. The SMILES string of the molecule is CC(C)(N)c1nc(C(C)(C)c2ccc(F)cc2)no1. The Balaban J connectivity index is 2.39. The first-order chi connectivity index (χ1) is 8.71. The summed E-state index contributed by atoms with van der Waals surface area (Å²) in [5.41, 5.74) is 5.69. The lowest BCUT2D eigenvalue weighted by molar-refractivity contribution is 0.307. The van der Waals surface area contributed by atoms with Gasteiger partial charge in [0.05, 0.1) is 11.0 Å². The molecule has 0 fully saturated rings. The van der Waals surface area contributed by atoms with Crippen molar-refractivity contribution in [1.82, 2.24) is 10.1 Å². The van der Waals surface area contributed by atoms with E-state index in [1.54, 1.807) is 26.0 Å². The molecule has 1 heterocycles. The van der Waals surface area contributed by atoms with Crippen molar-refractivity contribution in [2.75, 3.05) is 0 Å². The Morgan fingerprint density at radius 1 is 1.11 bits per heavy atom. The molecule has 0 bridgehead atoms. The molecule has 5 heteroatoms. The minimum absolute atomic E-state index is 0.267. The number of nitrogens with zero attached hydrogens (tertiary/aromatic N) is 2. The van der Waals surface area contributed by atoms with Gasteiger partial charge in [-0.05, 0) is 45.4 Å². The van der Waals surface area contributed by atoms with Crippen LogP contribution in [0.4, 0.5) is 4.39 Å². The topological polar surface area (TPSA) is 64.9 Å². The Morgan fingerprint density at radius 3 is 2.16 bits per heavy atom. The number of hydrogen-bond acceptors (Lipinski definition) is 4. The van der Waals surface area contributed by atoms with Gasteiger partial charge in [-0.3, -0.25) is 0 Å². The first kappa shape index (κ1) is 13.7. The fourth-order valence-corrected chi connectivity index (χ4v) is 1.73. The summed E-state index contributed by atoms with van der Waals surface area (Å²) in [4.78, 5) is 4.36. The fourth-order valence-electron chi connectivity index (χ4n) is 1.73. The summed E-state index contributed by atoms with van der Waals surface area (Å²) >= 11 is 0. The maximum Gasteiger partial charge on any atom is 0.246 e. The van der Waals surface area contributed by atoms with Gasteiger partial charge in [0.25, 0.3) is 0 Å². The molecule has 19 heavy (non-hydrogen) atoms. The number of benzene rings is 1. The third kappa shape index (κ3) is 2.66. The van der Waals surface area contributed by atoms with Crippen LogP contribution in [-0.4, -0.2) is 10.1 Å². The van der Waals surface area contributed by atoms with Crippen molar-refractivity contribution in [3.63, 3.8) is 0 Å². The predicted molar refractivity (Wildman–Crippen MR) is 70.0 cm³/mol. The number of rotatable bonds is 3. The van der Waals surface area contributed by atoms with Gasteiger partial charge < -0.3 is 10.3 Å². The summed E-state index contributed by atoms with van der Waals surface area (Å²) in [6.45, 7) is 7.52. The molecule has 0 saturated heterocycles. The molecule has 0 spiro atoms. The molecule has 1 aromatic heterocycles. The van der Waals surface area contributed by atoms with Gasteiger partial charge >= 0.3 is 0 Å². The molecule has 0 atom stereocenters. The van der Waals surface area contributed by atoms with Gasteiger partial charge in [0, 0.05) is 0 Å². The molecule has 2 rings (SSSR count). The van der Waals surface area contributed by atoms with Gasteiger partial charge in [0.15, 0.2) is 5.82 Å². The van der Waals surface area contributed by atoms with Gasteiger partial charge in [-0.25, -0.2) is 4.39 Å². The Labute approximate surface area is 111 Å². The Hall–Kier alpha value is -1.75. The molecule has 0 aliphatic carbocycles. The quantitative estimate of drug-likeness (QED) is 0.924. The van der Waals surface area contributed by atoms with E-state index in [0.717, 1.165) is 5.56 Å². The van der Waals surface area contributed by atoms with E-state index in [9.17, 15) is 4.39 Å². The second-order valence-corrected chi connectivity index (χ2v) is 5.78. The normalized spacial score (nSPS) is 12.7. The lowest BCUT2D eigenvalue weighted by Crippen LogP contribution is -2.29. The zero-order valence-electron chi connectivity index (χ0n) is 11.6. The number of nitrogens with two attached hydrogens (primary N) is 1. The number of aromatic nitrogens is 2. The van der Waals surface area contributed by atoms with Crippen LogP contribution in [0.25, 0.3) is 0 Å². The van der Waals surface area contributed by atoms with Crippen molar-refractivity contribution < 1.29 is 8.91 Å². The molecule has 4 nitrogen and oxygen atoms in total. The van der Waals surface area contributed by atoms with Gasteiger partial charge in [0.1, 0.15) is 5.82 Å². The highest BCUT2D eigenvalue weighted by Crippen LogP contribution is 2.30. The van der Waals surface area contributed by atoms with Gasteiger partial charge in [-0.1, -0.05) is 17.3 Å². The molecular formula is C14H18FN3O. The van der Waals surface area contributed by atoms with Crippen LogP contribution in [0.2, 0.25) is 0 Å². The summed E-state index contributed by atoms with van der Waals surface area (Å²) in [5, 5.41) is 3.99. The number of hydrogen-bond donors (Lipinski definition) is 1. The Kier molecular flexibility index (Phi) is 3.18. The van der Waals surface area contributed by atoms with Crippen molar-refractivity contribution in [3.8, 4) is 0 Å². The highest BCUT2D eigenvalue weighted by Gasteiger charge is 2.31. The fraction of sp³-hybridized carbons (Fsp3) is 0.429. The third-order valence-corrected chi connectivity index (χ3v) is 3.10. The van der Waals surface area contributed by atoms with E-state index in [4.69, 9.17) is 10.3 Å². The maximum atomic E-state index is 13.0. The molecule has 0 aliphatic rings. The van der Waals surface area contributed by atoms with Gasteiger partial charge in [0.2, 0.25) is 5.89 Å². The van der Waals surface area contributed by atoms with Crippen molar-refractivity contribution in [3.05, 3.63) is 47.4 Å². The van der Waals surface area contributed by atoms with Crippen LogP contribution >= 0.6 is 0 Å². The monoisotopic (exact) mass is 263 g/mol. The summed E-state index contributed by atoms with van der Waals surface area (Å²) < 4.78 is 18.2. The van der Waals surface area contributed by atoms with E-state index >= 15 is 0 Å². The van der Waals surface area contributed by atoms with E-state index in [0.29, 0.717) is 11.7 Å². The molecule has 0 aliphatic heterocycles. The van der Waals surface area contributed by atoms with Gasteiger partial charge in [-0.2, -0.15) is 4.98 Å². The van der Waals surface area contributed by atoms with Crippen molar-refractivity contribution in [2.45, 2.75) is 38.6 Å². The van der Waals surface area contributed by atoms with Crippen LogP contribution < -0.4 is 5.73 Å². The van der Waals surface area contributed by atoms with Crippen LogP contribution in [0.3, 0.4) is 0 Å². The summed E-state index contributed by atoms with van der Waals surface area (Å²) in [5.74, 6) is 0.654. The summed E-state index contributed by atoms with van der Waals surface area (Å²) in [6, 6.07) is 6.29. The molecule has 2 N–H and O–H groups in total. The lowest BCUT2D eigenvalue weighted by atomic mass is 9.84. The lowest BCUT2D eigenvalue weighted by Gasteiger charge is -2.21. The van der Waals surface area contributed by atoms with E-state index in [1.807, 2.05) is 13.8 Å². The van der Waals surface area contributed by atoms with E-state index in [-0.39, 0.29) is 5.82 Å². The third-order valence-electron chi connectivity index (χ3n) is 3.10. The predicted octanol–water partition coefficient (Wildman–Crippen LogP) is 2.73. The smallest absolute Gasteiger partial charge is 0.246 e. The first-order valence-electron chi connectivity index (χ1n) is 6.11. The van der Waals surface area contributed by atoms with E-state index in [2.05, 4.69) is 10.1 Å². The van der Waals surface area contributed by atoms with E-state index < -0.39 is 11.0 Å². The summed E-state index contributed by atoms with van der Waals surface area (Å²) in [6.07, 6.45) is 0. The minimum atomic E-state index is -0.676. The second kappa shape index (κ2) is 4.42. The van der Waals surface area contributed by atoms with Crippen molar-refractivity contribution in [2.24, 2.45) is 5.73 Å². The zero-order chi connectivity index (χ0) is 14.3. The standard InChI is InChI=1S/C14H18FN3O/c1-13(2,9-5-7-10(15)8-6-9)11-17-12(19-18-11)14(3,4)16/h5-8H,16H2,1-4H3. The minimum Gasteiger partial charge on any atom is -0.337 e. The maximum absolute atomic E-state index is 13.0. The molecule has 0 amide bonds. The first-order valence-corrected chi connectivity index (χ1v) is 6.11. The molecule has 102 valence electrons. The average Bonchev–Trinajstić information content (AvgIpc) is 2.79. The van der Waals surface area contributed by atoms with Crippen LogP contribution in [0.15, 0.2) is 28.8 Å². The Bertz CT molecular complexity index is 567. The second-order valence-electron chi connectivity index (χ2n) is 5.78. The number of halogens is 1. The van der Waals surface area contributed by atoms with Crippen LogP contribution in [0, 0.1) is 5.82 Å². The average molecular weight is 263 g/mol. The van der Waals surface area contributed by atoms with Crippen LogP contribution in [0.5, 0.6) is 0 Å². The van der Waals surface area contributed by atoms with Crippen molar-refractivity contribution in [1.29, 1.82) is 0 Å². The molecule has 0 radical (unpaired) electrons. The summed E-state index contributed by atoms with van der Waals surface area (Å²) in [7, 11) is 0. The van der Waals surface area contributed by atoms with E-state index in [1.165, 1.54) is 12.1 Å². The van der Waals surface area contributed by atoms with Crippen molar-refractivity contribution >= 4 is 0 Å². The van der Waals surface area contributed by atoms with Crippen LogP contribution in [0.1, 0.15) is 45.0 Å². The highest BCUT2D eigenvalue weighted by atomic mass is 19.1. The largest absolute Gasteiger partial charge is 0.337 e. The Morgan fingerprint density at radius 2 is 1.68 bits per heavy atom. The highest BCUT2D eigenvalue weighted by molar-refractivity contribution is 5.30. The zero-order valence-corrected chi connectivity index (χ0v) is 11.6. The van der Waals surface area contributed by atoms with Gasteiger partial charge in [-0.15, -0.1) is 0 Å². The van der Waals surface area contributed by atoms with Crippen LogP contribution in [-0.2, 0) is 11.0 Å². The molecule has 0 saturated carbocycles. The molecule has 1 aromatic carbocycles. The molecular weight excluding hydrogens is 245 g/mol. The molecule has 0 unspecified atom stereocenters.